The lowest BCUT2D eigenvalue weighted by molar-refractivity contribution is -0.666. The summed E-state index contributed by atoms with van der Waals surface area (Å²) in [6.07, 6.45) is 1.03. The third kappa shape index (κ3) is 4.00. The first-order valence-corrected chi connectivity index (χ1v) is 12.2. The van der Waals surface area contributed by atoms with E-state index in [1.807, 2.05) is 12.1 Å². The molecule has 0 spiro atoms. The van der Waals surface area contributed by atoms with Crippen LogP contribution in [-0.2, 0) is 13.5 Å². The quantitative estimate of drug-likeness (QED) is 0.258. The summed E-state index contributed by atoms with van der Waals surface area (Å²) < 4.78 is 8.98. The van der Waals surface area contributed by atoms with Crippen molar-refractivity contribution >= 4 is 21.9 Å². The van der Waals surface area contributed by atoms with Crippen LogP contribution in [0.5, 0.6) is 0 Å². The first kappa shape index (κ1) is 22.9. The molecule has 5 aromatic rings. The average molecular weight is 460 g/mol. The molecule has 5 rings (SSSR count). The van der Waals surface area contributed by atoms with Crippen molar-refractivity contribution in [1.29, 1.82) is 5.26 Å². The molecule has 0 aliphatic rings. The molecular weight excluding hydrogens is 428 g/mol. The molecule has 174 valence electrons. The van der Waals surface area contributed by atoms with Crippen molar-refractivity contribution in [3.05, 3.63) is 88.6 Å². The molecule has 0 amide bonds. The molecule has 0 saturated heterocycles. The fraction of sp³-hybridized carbons (Fsp3) is 0.250. The van der Waals surface area contributed by atoms with Crippen LogP contribution >= 0.6 is 0 Å². The molecule has 0 bridgehead atoms. The Bertz CT molecular complexity index is 1630. The summed E-state index contributed by atoms with van der Waals surface area (Å²) in [5, 5.41) is 11.8. The van der Waals surface area contributed by atoms with Crippen LogP contribution in [0.3, 0.4) is 0 Å². The zero-order valence-electron chi connectivity index (χ0n) is 21.4. The number of benzene rings is 3. The number of nitriles is 1. The Kier molecular flexibility index (Phi) is 5.69. The van der Waals surface area contributed by atoms with Crippen molar-refractivity contribution in [3.63, 3.8) is 0 Å². The zero-order chi connectivity index (χ0) is 24.9. The molecule has 3 nitrogen and oxygen atoms in total. The lowest BCUT2D eigenvalue weighted by Crippen LogP contribution is -2.35. The Labute approximate surface area is 207 Å². The van der Waals surface area contributed by atoms with Gasteiger partial charge in [0.1, 0.15) is 18.2 Å². The maximum absolute atomic E-state index is 9.78. The highest BCUT2D eigenvalue weighted by atomic mass is 16.3. The van der Waals surface area contributed by atoms with Gasteiger partial charge in [-0.25, -0.2) is 0 Å². The Hall–Kier alpha value is -3.90. The second-order valence-electron chi connectivity index (χ2n) is 10.2. The lowest BCUT2D eigenvalue weighted by Gasteiger charge is -2.11. The number of aryl methyl sites for hydroxylation is 3. The van der Waals surface area contributed by atoms with Crippen molar-refractivity contribution < 1.29 is 8.98 Å². The number of aromatic nitrogens is 1. The van der Waals surface area contributed by atoms with Crippen LogP contribution in [0.25, 0.3) is 44.3 Å². The first-order valence-electron chi connectivity index (χ1n) is 12.2. The van der Waals surface area contributed by atoms with Crippen LogP contribution in [0.4, 0.5) is 0 Å². The van der Waals surface area contributed by atoms with Gasteiger partial charge in [-0.3, -0.25) is 0 Å². The van der Waals surface area contributed by atoms with Crippen molar-refractivity contribution in [3.8, 4) is 28.5 Å². The summed E-state index contributed by atoms with van der Waals surface area (Å²) >= 11 is 0. The van der Waals surface area contributed by atoms with Gasteiger partial charge in [0, 0.05) is 35.4 Å². The maximum atomic E-state index is 9.78. The second-order valence-corrected chi connectivity index (χ2v) is 10.2. The molecule has 0 aliphatic heterocycles. The molecule has 3 aromatic carbocycles. The number of hydrogen-bond donors (Lipinski definition) is 0. The van der Waals surface area contributed by atoms with E-state index in [9.17, 15) is 5.26 Å². The topological polar surface area (TPSA) is 40.8 Å². The minimum absolute atomic E-state index is 0.583. The van der Waals surface area contributed by atoms with Crippen LogP contribution in [0.15, 0.2) is 65.1 Å². The summed E-state index contributed by atoms with van der Waals surface area (Å²) in [7, 11) is 2.12. The standard InChI is InChI=1S/C32H31N2O/c1-19(2)13-23-14-22(5)34(6)29(17-23)30-21(4)9-12-26-28-16-24(18-33)15-27(31(28)35-32(26)30)25-10-7-20(3)8-11-25/h7-12,14-17,19H,13H2,1-6H3/q+1. The molecule has 0 fully saturated rings. The molecular formula is C32H31N2O+. The molecule has 2 aromatic heterocycles. The van der Waals surface area contributed by atoms with Gasteiger partial charge in [0.2, 0.25) is 5.69 Å². The van der Waals surface area contributed by atoms with E-state index in [1.165, 1.54) is 22.4 Å². The van der Waals surface area contributed by atoms with E-state index in [-0.39, 0.29) is 0 Å². The van der Waals surface area contributed by atoms with E-state index in [0.29, 0.717) is 11.5 Å². The smallest absolute Gasteiger partial charge is 0.216 e. The fourth-order valence-corrected chi connectivity index (χ4v) is 5.07. The number of furan rings is 1. The zero-order valence-corrected chi connectivity index (χ0v) is 21.4. The molecule has 0 saturated carbocycles. The summed E-state index contributed by atoms with van der Waals surface area (Å²) in [6.45, 7) is 10.9. The summed E-state index contributed by atoms with van der Waals surface area (Å²) in [4.78, 5) is 0. The van der Waals surface area contributed by atoms with E-state index in [2.05, 4.69) is 101 Å². The number of hydrogen-bond acceptors (Lipinski definition) is 2. The Morgan fingerprint density at radius 2 is 1.63 bits per heavy atom. The summed E-state index contributed by atoms with van der Waals surface area (Å²) in [5.74, 6) is 0.583. The normalized spacial score (nSPS) is 11.5. The van der Waals surface area contributed by atoms with Gasteiger partial charge < -0.3 is 4.42 Å². The highest BCUT2D eigenvalue weighted by Crippen LogP contribution is 2.41. The highest BCUT2D eigenvalue weighted by Gasteiger charge is 2.24. The van der Waals surface area contributed by atoms with Gasteiger partial charge in [0.25, 0.3) is 0 Å². The molecule has 0 atom stereocenters. The minimum atomic E-state index is 0.583. The van der Waals surface area contributed by atoms with Gasteiger partial charge in [-0.15, -0.1) is 0 Å². The van der Waals surface area contributed by atoms with E-state index >= 15 is 0 Å². The lowest BCUT2D eigenvalue weighted by atomic mass is 9.95. The summed E-state index contributed by atoms with van der Waals surface area (Å²) in [6, 6.07) is 23.5. The third-order valence-electron chi connectivity index (χ3n) is 6.95. The molecule has 0 aliphatic carbocycles. The molecule has 0 radical (unpaired) electrons. The number of pyridine rings is 1. The Morgan fingerprint density at radius 1 is 0.886 bits per heavy atom. The van der Waals surface area contributed by atoms with E-state index in [0.717, 1.165) is 50.7 Å². The maximum Gasteiger partial charge on any atom is 0.216 e. The van der Waals surface area contributed by atoms with Gasteiger partial charge >= 0.3 is 0 Å². The predicted octanol–water partition coefficient (Wildman–Crippen LogP) is 7.74. The van der Waals surface area contributed by atoms with Crippen LogP contribution in [0.1, 0.15) is 41.8 Å². The van der Waals surface area contributed by atoms with Crippen LogP contribution in [-0.4, -0.2) is 0 Å². The fourth-order valence-electron chi connectivity index (χ4n) is 5.07. The molecule has 0 unspecified atom stereocenters. The minimum Gasteiger partial charge on any atom is -0.454 e. The van der Waals surface area contributed by atoms with E-state index < -0.39 is 0 Å². The van der Waals surface area contributed by atoms with Crippen molar-refractivity contribution in [1.82, 2.24) is 0 Å². The average Bonchev–Trinajstić information content (AvgIpc) is 3.19. The van der Waals surface area contributed by atoms with Gasteiger partial charge in [0.15, 0.2) is 5.69 Å². The van der Waals surface area contributed by atoms with E-state index in [4.69, 9.17) is 4.42 Å². The first-order chi connectivity index (χ1) is 16.8. The van der Waals surface area contributed by atoms with Crippen LogP contribution in [0, 0.1) is 38.0 Å². The van der Waals surface area contributed by atoms with Crippen molar-refractivity contribution in [2.75, 3.05) is 0 Å². The molecule has 3 heteroatoms. The number of nitrogens with zero attached hydrogens (tertiary/aromatic N) is 2. The van der Waals surface area contributed by atoms with Crippen LogP contribution < -0.4 is 4.57 Å². The van der Waals surface area contributed by atoms with Gasteiger partial charge in [-0.1, -0.05) is 55.8 Å². The van der Waals surface area contributed by atoms with Gasteiger partial charge in [-0.2, -0.15) is 9.83 Å². The Morgan fingerprint density at radius 3 is 2.31 bits per heavy atom. The van der Waals surface area contributed by atoms with Crippen molar-refractivity contribution in [2.24, 2.45) is 13.0 Å². The third-order valence-corrected chi connectivity index (χ3v) is 6.95. The number of rotatable bonds is 4. The molecule has 0 N–H and O–H groups in total. The SMILES string of the molecule is Cc1ccc(-c2cc(C#N)cc3c2oc2c(-c4cc(CC(C)C)cc(C)[n+]4C)c(C)ccc23)cc1. The van der Waals surface area contributed by atoms with Crippen molar-refractivity contribution in [2.45, 2.75) is 41.0 Å². The monoisotopic (exact) mass is 459 g/mol. The summed E-state index contributed by atoms with van der Waals surface area (Å²) in [5.41, 5.74) is 11.5. The predicted molar refractivity (Wildman–Crippen MR) is 143 cm³/mol. The molecule has 2 heterocycles. The largest absolute Gasteiger partial charge is 0.454 e. The van der Waals surface area contributed by atoms with E-state index in [1.54, 1.807) is 0 Å². The second kappa shape index (κ2) is 8.71. The molecule has 35 heavy (non-hydrogen) atoms. The van der Waals surface area contributed by atoms with Gasteiger partial charge in [-0.05, 0) is 55.0 Å². The van der Waals surface area contributed by atoms with Crippen LogP contribution in [0.2, 0.25) is 0 Å². The Balaban J connectivity index is 1.85. The van der Waals surface area contributed by atoms with Gasteiger partial charge in [0.05, 0.1) is 17.2 Å². The highest BCUT2D eigenvalue weighted by molar-refractivity contribution is 6.13. The number of fused-ring (bicyclic) bond motifs is 3.